The van der Waals surface area contributed by atoms with Crippen LogP contribution in [0.25, 0.3) is 0 Å². The highest BCUT2D eigenvalue weighted by Crippen LogP contribution is 2.44. The highest BCUT2D eigenvalue weighted by molar-refractivity contribution is 5.82. The summed E-state index contributed by atoms with van der Waals surface area (Å²) >= 11 is 0. The first-order valence-electron chi connectivity index (χ1n) is 6.49. The van der Waals surface area contributed by atoms with Crippen LogP contribution in [0.5, 0.6) is 0 Å². The van der Waals surface area contributed by atoms with Crippen molar-refractivity contribution in [2.24, 2.45) is 11.8 Å². The van der Waals surface area contributed by atoms with Crippen molar-refractivity contribution < 1.29 is 14.3 Å². The lowest BCUT2D eigenvalue weighted by atomic mass is 9.86. The number of rotatable bonds is 5. The molecule has 0 unspecified atom stereocenters. The second kappa shape index (κ2) is 5.28. The molecule has 1 heterocycles. The summed E-state index contributed by atoms with van der Waals surface area (Å²) < 4.78 is 11.1. The van der Waals surface area contributed by atoms with Gasteiger partial charge in [-0.2, -0.15) is 0 Å². The largest absolute Gasteiger partial charge is 0.355 e. The third-order valence-corrected chi connectivity index (χ3v) is 3.95. The Bertz CT molecular complexity index is 252. The molecule has 0 aromatic heterocycles. The summed E-state index contributed by atoms with van der Waals surface area (Å²) in [6, 6.07) is 0. The Hall–Kier alpha value is -0.410. The normalized spacial score (nSPS) is 37.6. The monoisotopic (exact) mass is 226 g/mol. The van der Waals surface area contributed by atoms with Gasteiger partial charge in [-0.25, -0.2) is 0 Å². The van der Waals surface area contributed by atoms with Crippen LogP contribution in [0.15, 0.2) is 0 Å². The quantitative estimate of drug-likeness (QED) is 0.722. The van der Waals surface area contributed by atoms with E-state index in [1.165, 1.54) is 6.42 Å². The second-order valence-corrected chi connectivity index (χ2v) is 4.97. The Kier molecular flexibility index (Phi) is 3.98. The van der Waals surface area contributed by atoms with Crippen LogP contribution in [-0.2, 0) is 14.3 Å². The fraction of sp³-hybridized carbons (Fsp3) is 0.923. The molecule has 92 valence electrons. The minimum atomic E-state index is -0.278. The number of fused-ring (bicyclic) bond motifs is 1. The van der Waals surface area contributed by atoms with Crippen molar-refractivity contribution >= 4 is 5.78 Å². The maximum atomic E-state index is 12.2. The fourth-order valence-electron chi connectivity index (χ4n) is 3.10. The van der Waals surface area contributed by atoms with Crippen molar-refractivity contribution in [3.8, 4) is 0 Å². The van der Waals surface area contributed by atoms with Crippen LogP contribution in [-0.4, -0.2) is 25.3 Å². The number of Topliss-reactive ketones (excluding diaryl/α,β-unsaturated/α-hetero) is 1. The Morgan fingerprint density at radius 2 is 2.25 bits per heavy atom. The second-order valence-electron chi connectivity index (χ2n) is 4.97. The average molecular weight is 226 g/mol. The van der Waals surface area contributed by atoms with Gasteiger partial charge in [0.05, 0.1) is 12.0 Å². The molecular weight excluding hydrogens is 204 g/mol. The molecule has 1 aliphatic carbocycles. The van der Waals surface area contributed by atoms with E-state index in [0.717, 1.165) is 25.7 Å². The summed E-state index contributed by atoms with van der Waals surface area (Å²) in [5.74, 6) is 0.779. The molecule has 2 aliphatic rings. The summed E-state index contributed by atoms with van der Waals surface area (Å²) in [5.41, 5.74) is 0. The average Bonchev–Trinajstić information content (AvgIpc) is 2.84. The van der Waals surface area contributed by atoms with E-state index >= 15 is 0 Å². The van der Waals surface area contributed by atoms with E-state index in [-0.39, 0.29) is 18.3 Å². The summed E-state index contributed by atoms with van der Waals surface area (Å²) in [6.07, 6.45) is 6.18. The smallest absolute Gasteiger partial charge is 0.167 e. The van der Waals surface area contributed by atoms with Gasteiger partial charge in [-0.3, -0.25) is 4.79 Å². The lowest BCUT2D eigenvalue weighted by Crippen LogP contribution is -2.30. The third-order valence-electron chi connectivity index (χ3n) is 3.95. The summed E-state index contributed by atoms with van der Waals surface area (Å²) in [4.78, 5) is 12.2. The molecule has 0 aromatic carbocycles. The Morgan fingerprint density at radius 1 is 1.44 bits per heavy atom. The minimum Gasteiger partial charge on any atom is -0.355 e. The first-order chi connectivity index (χ1) is 7.77. The number of ether oxygens (including phenoxy) is 2. The van der Waals surface area contributed by atoms with Gasteiger partial charge in [0.2, 0.25) is 0 Å². The first kappa shape index (κ1) is 12.1. The van der Waals surface area contributed by atoms with Gasteiger partial charge in [0.15, 0.2) is 6.29 Å². The zero-order chi connectivity index (χ0) is 11.5. The van der Waals surface area contributed by atoms with Crippen LogP contribution < -0.4 is 0 Å². The van der Waals surface area contributed by atoms with Gasteiger partial charge in [0, 0.05) is 13.5 Å². The van der Waals surface area contributed by atoms with E-state index in [2.05, 4.69) is 6.92 Å². The predicted molar refractivity (Wildman–Crippen MR) is 61.0 cm³/mol. The Labute approximate surface area is 97.5 Å². The number of carbonyl (C=O) groups excluding carboxylic acids is 1. The van der Waals surface area contributed by atoms with Crippen molar-refractivity contribution in [1.82, 2.24) is 0 Å². The number of hydrogen-bond acceptors (Lipinski definition) is 3. The van der Waals surface area contributed by atoms with Crippen LogP contribution in [0.2, 0.25) is 0 Å². The van der Waals surface area contributed by atoms with Gasteiger partial charge in [-0.1, -0.05) is 19.8 Å². The van der Waals surface area contributed by atoms with Gasteiger partial charge in [-0.15, -0.1) is 0 Å². The zero-order valence-corrected chi connectivity index (χ0v) is 10.3. The molecule has 3 nitrogen and oxygen atoms in total. The highest BCUT2D eigenvalue weighted by atomic mass is 16.7. The molecular formula is C13H22O3. The van der Waals surface area contributed by atoms with E-state index in [1.807, 2.05) is 0 Å². The highest BCUT2D eigenvalue weighted by Gasteiger charge is 2.49. The maximum absolute atomic E-state index is 12.2. The minimum absolute atomic E-state index is 0.00375. The fourth-order valence-corrected chi connectivity index (χ4v) is 3.10. The lowest BCUT2D eigenvalue weighted by molar-refractivity contribution is -0.149. The summed E-state index contributed by atoms with van der Waals surface area (Å²) in [5, 5.41) is 0. The van der Waals surface area contributed by atoms with Gasteiger partial charge in [0.25, 0.3) is 0 Å². The van der Waals surface area contributed by atoms with Crippen LogP contribution in [0, 0.1) is 11.8 Å². The van der Waals surface area contributed by atoms with Crippen LogP contribution in [0.4, 0.5) is 0 Å². The molecule has 0 N–H and O–H groups in total. The number of ketones is 1. The van der Waals surface area contributed by atoms with Gasteiger partial charge in [0.1, 0.15) is 5.78 Å². The lowest BCUT2D eigenvalue weighted by Gasteiger charge is -2.19. The van der Waals surface area contributed by atoms with Crippen molar-refractivity contribution in [2.75, 3.05) is 7.11 Å². The van der Waals surface area contributed by atoms with Crippen LogP contribution in [0.3, 0.4) is 0 Å². The molecule has 4 atom stereocenters. The van der Waals surface area contributed by atoms with Gasteiger partial charge in [-0.05, 0) is 25.2 Å². The van der Waals surface area contributed by atoms with Crippen molar-refractivity contribution in [3.63, 3.8) is 0 Å². The molecule has 0 aromatic rings. The molecule has 1 aliphatic heterocycles. The van der Waals surface area contributed by atoms with E-state index in [9.17, 15) is 4.79 Å². The third kappa shape index (κ3) is 2.16. The van der Waals surface area contributed by atoms with Crippen LogP contribution >= 0.6 is 0 Å². The molecule has 0 amide bonds. The van der Waals surface area contributed by atoms with E-state index in [1.54, 1.807) is 7.11 Å². The van der Waals surface area contributed by atoms with E-state index in [0.29, 0.717) is 18.1 Å². The molecule has 2 rings (SSSR count). The molecule has 16 heavy (non-hydrogen) atoms. The van der Waals surface area contributed by atoms with Crippen molar-refractivity contribution in [3.05, 3.63) is 0 Å². The van der Waals surface area contributed by atoms with Gasteiger partial charge >= 0.3 is 0 Å². The number of methoxy groups -OCH3 is 1. The summed E-state index contributed by atoms with van der Waals surface area (Å²) in [7, 11) is 1.64. The SMILES string of the molecule is CCCCC(=O)[C@H]1[C@H](OC)O[C@@H]2CCC[C@H]12. The first-order valence-corrected chi connectivity index (χ1v) is 6.49. The van der Waals surface area contributed by atoms with Crippen molar-refractivity contribution in [1.29, 1.82) is 0 Å². The number of hydrogen-bond donors (Lipinski definition) is 0. The van der Waals surface area contributed by atoms with E-state index < -0.39 is 0 Å². The topological polar surface area (TPSA) is 35.5 Å². The molecule has 3 heteroatoms. The predicted octanol–water partition coefficient (Wildman–Crippen LogP) is 2.53. The van der Waals surface area contributed by atoms with Crippen LogP contribution in [0.1, 0.15) is 45.4 Å². The zero-order valence-electron chi connectivity index (χ0n) is 10.3. The Morgan fingerprint density at radius 3 is 2.94 bits per heavy atom. The molecule has 0 radical (unpaired) electrons. The van der Waals surface area contributed by atoms with E-state index in [4.69, 9.17) is 9.47 Å². The van der Waals surface area contributed by atoms with Gasteiger partial charge < -0.3 is 9.47 Å². The number of carbonyl (C=O) groups is 1. The Balaban J connectivity index is 2.01. The standard InChI is InChI=1S/C13H22O3/c1-3-4-7-10(14)12-9-6-5-8-11(9)16-13(12)15-2/h9,11-13H,3-8H2,1-2H3/t9-,11+,12-,13+/m0/s1. The number of unbranched alkanes of at least 4 members (excludes halogenated alkanes) is 1. The molecule has 0 spiro atoms. The molecule has 0 bridgehead atoms. The van der Waals surface area contributed by atoms with Crippen molar-refractivity contribution in [2.45, 2.75) is 57.8 Å². The molecule has 1 saturated carbocycles. The molecule has 2 fully saturated rings. The summed E-state index contributed by atoms with van der Waals surface area (Å²) in [6.45, 7) is 2.12. The molecule has 1 saturated heterocycles. The maximum Gasteiger partial charge on any atom is 0.167 e.